The summed E-state index contributed by atoms with van der Waals surface area (Å²) in [6, 6.07) is 0. The lowest BCUT2D eigenvalue weighted by atomic mass is 9.91. The van der Waals surface area contributed by atoms with Crippen LogP contribution in [0.25, 0.3) is 5.95 Å². The van der Waals surface area contributed by atoms with E-state index in [1.165, 1.54) is 10.9 Å². The number of carbonyl (C=O) groups is 1. The summed E-state index contributed by atoms with van der Waals surface area (Å²) in [6.07, 6.45) is 2.68. The van der Waals surface area contributed by atoms with E-state index < -0.39 is 5.97 Å². The fourth-order valence-electron chi connectivity index (χ4n) is 2.79. The molecule has 110 valence electrons. The highest BCUT2D eigenvalue weighted by Gasteiger charge is 2.32. The molecule has 1 aliphatic carbocycles. The van der Waals surface area contributed by atoms with Crippen molar-refractivity contribution in [3.05, 3.63) is 39.1 Å². The number of nitrogens with one attached hydrogen (secondary N) is 1. The Morgan fingerprint density at radius 2 is 2.14 bits per heavy atom. The maximum Gasteiger partial charge on any atom is 0.339 e. The molecular weight excluding hydrogens is 272 g/mol. The quantitative estimate of drug-likeness (QED) is 0.861. The highest BCUT2D eigenvalue weighted by molar-refractivity contribution is 5.88. The number of hydrogen-bond donors (Lipinski definition) is 2. The number of carboxylic acid groups (broad SMARTS) is 1. The third kappa shape index (κ3) is 2.14. The molecule has 2 N–H and O–H groups in total. The molecule has 2 aromatic rings. The van der Waals surface area contributed by atoms with Crippen molar-refractivity contribution in [1.82, 2.24) is 19.7 Å². The van der Waals surface area contributed by atoms with Crippen molar-refractivity contribution in [2.75, 3.05) is 0 Å². The van der Waals surface area contributed by atoms with Gasteiger partial charge >= 0.3 is 5.97 Å². The van der Waals surface area contributed by atoms with Gasteiger partial charge in [0, 0.05) is 5.56 Å². The number of fused-ring (bicyclic) bond motifs is 1. The number of rotatable bonds is 2. The molecule has 3 rings (SSSR count). The van der Waals surface area contributed by atoms with Gasteiger partial charge in [0.25, 0.3) is 5.56 Å². The zero-order chi connectivity index (χ0) is 15.4. The first kappa shape index (κ1) is 13.5. The molecule has 0 unspecified atom stereocenters. The maximum atomic E-state index is 12.2. The molecule has 1 aliphatic rings. The number of aromatic amines is 1. The van der Waals surface area contributed by atoms with E-state index in [-0.39, 0.29) is 22.5 Å². The van der Waals surface area contributed by atoms with Gasteiger partial charge in [-0.3, -0.25) is 9.78 Å². The molecule has 0 aromatic carbocycles. The van der Waals surface area contributed by atoms with E-state index in [2.05, 4.69) is 28.9 Å². The maximum absolute atomic E-state index is 12.2. The number of carboxylic acids is 1. The van der Waals surface area contributed by atoms with Crippen LogP contribution in [0, 0.1) is 12.3 Å². The Hall–Kier alpha value is -2.44. The summed E-state index contributed by atoms with van der Waals surface area (Å²) in [7, 11) is 0. The molecule has 0 atom stereocenters. The Labute approximate surface area is 120 Å². The zero-order valence-electron chi connectivity index (χ0n) is 12.1. The fourth-order valence-corrected chi connectivity index (χ4v) is 2.79. The second-order valence-corrected chi connectivity index (χ2v) is 6.19. The van der Waals surface area contributed by atoms with Gasteiger partial charge in [-0.15, -0.1) is 0 Å². The molecule has 7 heteroatoms. The molecule has 0 radical (unpaired) electrons. The average molecular weight is 288 g/mol. The Balaban J connectivity index is 2.13. The van der Waals surface area contributed by atoms with Crippen LogP contribution in [0.3, 0.4) is 0 Å². The van der Waals surface area contributed by atoms with Gasteiger partial charge in [-0.1, -0.05) is 13.8 Å². The minimum absolute atomic E-state index is 0.0202. The molecule has 0 fully saturated rings. The minimum atomic E-state index is -1.05. The molecule has 0 saturated carbocycles. The summed E-state index contributed by atoms with van der Waals surface area (Å²) >= 11 is 0. The first-order chi connectivity index (χ1) is 9.78. The normalized spacial score (nSPS) is 16.0. The van der Waals surface area contributed by atoms with Crippen LogP contribution in [0.4, 0.5) is 0 Å². The van der Waals surface area contributed by atoms with Crippen LogP contribution in [-0.4, -0.2) is 30.8 Å². The standard InChI is InChI=1S/C14H16N4O3/c1-7-9(12(20)21)6-15-18(7)13-16-10-5-14(2,3)4-8(10)11(19)17-13/h6H,4-5H2,1-3H3,(H,20,21)(H,16,17,19). The Kier molecular flexibility index (Phi) is 2.76. The van der Waals surface area contributed by atoms with E-state index in [0.717, 1.165) is 12.1 Å². The van der Waals surface area contributed by atoms with Crippen molar-refractivity contribution < 1.29 is 9.90 Å². The lowest BCUT2D eigenvalue weighted by Crippen LogP contribution is -2.19. The highest BCUT2D eigenvalue weighted by atomic mass is 16.4. The smallest absolute Gasteiger partial charge is 0.339 e. The highest BCUT2D eigenvalue weighted by Crippen LogP contribution is 2.33. The Bertz CT molecular complexity index is 801. The monoisotopic (exact) mass is 288 g/mol. The predicted octanol–water partition coefficient (Wildman–Crippen LogP) is 1.09. The SMILES string of the molecule is Cc1c(C(=O)O)cnn1-c1nc2c(c(=O)[nH]1)CC(C)(C)C2. The first-order valence-corrected chi connectivity index (χ1v) is 6.69. The summed E-state index contributed by atoms with van der Waals surface area (Å²) < 4.78 is 1.36. The number of H-pyrrole nitrogens is 1. The van der Waals surface area contributed by atoms with E-state index in [0.29, 0.717) is 17.7 Å². The molecule has 0 saturated heterocycles. The zero-order valence-corrected chi connectivity index (χ0v) is 12.1. The molecule has 0 spiro atoms. The number of aromatic nitrogens is 4. The molecule has 7 nitrogen and oxygen atoms in total. The van der Waals surface area contributed by atoms with Crippen LogP contribution >= 0.6 is 0 Å². The lowest BCUT2D eigenvalue weighted by molar-refractivity contribution is 0.0696. The van der Waals surface area contributed by atoms with Crippen LogP contribution in [0.1, 0.15) is 41.2 Å². The molecule has 21 heavy (non-hydrogen) atoms. The van der Waals surface area contributed by atoms with Crippen LogP contribution in [0.2, 0.25) is 0 Å². The first-order valence-electron chi connectivity index (χ1n) is 6.69. The molecule has 0 amide bonds. The lowest BCUT2D eigenvalue weighted by Gasteiger charge is -2.13. The third-order valence-corrected chi connectivity index (χ3v) is 3.83. The van der Waals surface area contributed by atoms with Crippen LogP contribution < -0.4 is 5.56 Å². The number of hydrogen-bond acceptors (Lipinski definition) is 4. The van der Waals surface area contributed by atoms with E-state index in [4.69, 9.17) is 5.11 Å². The van der Waals surface area contributed by atoms with E-state index in [9.17, 15) is 9.59 Å². The van der Waals surface area contributed by atoms with E-state index in [1.54, 1.807) is 6.92 Å². The number of aromatic carboxylic acids is 1. The summed E-state index contributed by atoms with van der Waals surface area (Å²) in [4.78, 5) is 30.4. The van der Waals surface area contributed by atoms with Gasteiger partial charge in [0.2, 0.25) is 5.95 Å². The summed E-state index contributed by atoms with van der Waals surface area (Å²) in [5, 5.41) is 13.1. The third-order valence-electron chi connectivity index (χ3n) is 3.83. The van der Waals surface area contributed by atoms with Gasteiger partial charge in [-0.05, 0) is 25.2 Å². The second kappa shape index (κ2) is 4.28. The molecule has 2 heterocycles. The molecule has 0 bridgehead atoms. The molecule has 0 aliphatic heterocycles. The number of nitrogens with zero attached hydrogens (tertiary/aromatic N) is 3. The largest absolute Gasteiger partial charge is 0.478 e. The van der Waals surface area contributed by atoms with Gasteiger partial charge in [0.05, 0.1) is 17.6 Å². The van der Waals surface area contributed by atoms with Crippen molar-refractivity contribution in [3.8, 4) is 5.95 Å². The van der Waals surface area contributed by atoms with E-state index in [1.807, 2.05) is 0 Å². The van der Waals surface area contributed by atoms with Crippen LogP contribution in [-0.2, 0) is 12.8 Å². The summed E-state index contributed by atoms with van der Waals surface area (Å²) in [5.41, 5.74) is 1.86. The Morgan fingerprint density at radius 1 is 1.43 bits per heavy atom. The van der Waals surface area contributed by atoms with Gasteiger partial charge in [-0.2, -0.15) is 5.10 Å². The molecule has 2 aromatic heterocycles. The van der Waals surface area contributed by atoms with E-state index >= 15 is 0 Å². The second-order valence-electron chi connectivity index (χ2n) is 6.19. The van der Waals surface area contributed by atoms with Crippen molar-refractivity contribution in [2.45, 2.75) is 33.6 Å². The summed E-state index contributed by atoms with van der Waals surface area (Å²) in [5.74, 6) is -0.787. The predicted molar refractivity (Wildman–Crippen MR) is 74.9 cm³/mol. The van der Waals surface area contributed by atoms with Gasteiger partial charge in [-0.25, -0.2) is 14.5 Å². The average Bonchev–Trinajstić information content (AvgIpc) is 2.88. The van der Waals surface area contributed by atoms with Crippen molar-refractivity contribution in [1.29, 1.82) is 0 Å². The van der Waals surface area contributed by atoms with Gasteiger partial charge < -0.3 is 5.11 Å². The molecular formula is C14H16N4O3. The topological polar surface area (TPSA) is 101 Å². The van der Waals surface area contributed by atoms with Crippen LogP contribution in [0.15, 0.2) is 11.0 Å². The fraction of sp³-hybridized carbons (Fsp3) is 0.429. The van der Waals surface area contributed by atoms with Gasteiger partial charge in [0.1, 0.15) is 5.56 Å². The minimum Gasteiger partial charge on any atom is -0.478 e. The van der Waals surface area contributed by atoms with Crippen LogP contribution in [0.5, 0.6) is 0 Å². The van der Waals surface area contributed by atoms with Crippen molar-refractivity contribution in [2.24, 2.45) is 5.41 Å². The van der Waals surface area contributed by atoms with Gasteiger partial charge in [0.15, 0.2) is 0 Å². The van der Waals surface area contributed by atoms with Crippen molar-refractivity contribution in [3.63, 3.8) is 0 Å². The van der Waals surface area contributed by atoms with Crippen molar-refractivity contribution >= 4 is 5.97 Å². The Morgan fingerprint density at radius 3 is 2.76 bits per heavy atom. The summed E-state index contributed by atoms with van der Waals surface area (Å²) in [6.45, 7) is 5.82.